The number of nitrogens with zero attached hydrogens (tertiary/aromatic N) is 1. The number of carbonyl (C=O) groups excluding carboxylic acids is 1. The van der Waals surface area contributed by atoms with Crippen LogP contribution < -0.4 is 14.8 Å². The summed E-state index contributed by atoms with van der Waals surface area (Å²) in [6.45, 7) is 5.74. The van der Waals surface area contributed by atoms with Crippen LogP contribution in [-0.4, -0.2) is 48.3 Å². The number of likely N-dealkylation sites (tertiary alicyclic amines) is 1. The van der Waals surface area contributed by atoms with E-state index in [2.05, 4.69) is 5.32 Å². The van der Waals surface area contributed by atoms with Crippen molar-refractivity contribution in [2.75, 3.05) is 26.3 Å². The van der Waals surface area contributed by atoms with Gasteiger partial charge in [-0.2, -0.15) is 0 Å². The number of aliphatic carboxylic acids is 1. The molecule has 0 aliphatic carbocycles. The molecule has 3 unspecified atom stereocenters. The van der Waals surface area contributed by atoms with Gasteiger partial charge >= 0.3 is 12.0 Å². The number of carboxylic acids is 1. The number of rotatable bonds is 3. The van der Waals surface area contributed by atoms with Crippen LogP contribution in [0, 0.1) is 11.8 Å². The normalized spacial score (nSPS) is 23.7. The smallest absolute Gasteiger partial charge is 0.317 e. The summed E-state index contributed by atoms with van der Waals surface area (Å²) in [5.74, 6) is 0.221. The molecule has 1 fully saturated rings. The number of hydrogen-bond donors (Lipinski definition) is 2. The number of fused-ring (bicyclic) bond motifs is 1. The Morgan fingerprint density at radius 3 is 2.68 bits per heavy atom. The Bertz CT molecular complexity index is 663. The maximum Gasteiger partial charge on any atom is 0.317 e. The highest BCUT2D eigenvalue weighted by Crippen LogP contribution is 2.32. The molecular formula is C18H24N2O5. The Kier molecular flexibility index (Phi) is 5.01. The van der Waals surface area contributed by atoms with Gasteiger partial charge in [0.25, 0.3) is 0 Å². The molecule has 3 rings (SSSR count). The number of nitrogens with one attached hydrogen (secondary N) is 1. The predicted molar refractivity (Wildman–Crippen MR) is 90.9 cm³/mol. The third kappa shape index (κ3) is 3.97. The summed E-state index contributed by atoms with van der Waals surface area (Å²) in [5, 5.41) is 12.2. The van der Waals surface area contributed by atoms with Crippen LogP contribution in [0.4, 0.5) is 4.79 Å². The molecule has 2 aliphatic rings. The molecule has 1 aromatic carbocycles. The molecule has 0 bridgehead atoms. The van der Waals surface area contributed by atoms with Gasteiger partial charge in [-0.15, -0.1) is 0 Å². The summed E-state index contributed by atoms with van der Waals surface area (Å²) in [6.07, 6.45) is 0.608. The fourth-order valence-electron chi connectivity index (χ4n) is 3.39. The van der Waals surface area contributed by atoms with E-state index in [0.29, 0.717) is 37.7 Å². The lowest BCUT2D eigenvalue weighted by atomic mass is 9.91. The van der Waals surface area contributed by atoms with E-state index >= 15 is 0 Å². The number of urea groups is 1. The van der Waals surface area contributed by atoms with Gasteiger partial charge in [0.2, 0.25) is 0 Å². The van der Waals surface area contributed by atoms with Crippen molar-refractivity contribution in [3.8, 4) is 11.5 Å². The van der Waals surface area contributed by atoms with Crippen molar-refractivity contribution in [2.45, 2.75) is 26.3 Å². The monoisotopic (exact) mass is 348 g/mol. The first-order valence-electron chi connectivity index (χ1n) is 8.62. The molecule has 0 aromatic heterocycles. The van der Waals surface area contributed by atoms with Crippen LogP contribution in [0.15, 0.2) is 18.2 Å². The van der Waals surface area contributed by atoms with E-state index in [1.807, 2.05) is 32.0 Å². The molecule has 136 valence electrons. The molecule has 2 amide bonds. The SMILES string of the molecule is CC1CC(C(=O)O)CN(C(=O)NC(C)c2ccc3c(c2)OCCO3)C1. The van der Waals surface area contributed by atoms with Crippen molar-refractivity contribution >= 4 is 12.0 Å². The maximum absolute atomic E-state index is 12.6. The van der Waals surface area contributed by atoms with Crippen LogP contribution in [0.5, 0.6) is 11.5 Å². The zero-order valence-electron chi connectivity index (χ0n) is 14.5. The molecule has 2 aliphatic heterocycles. The van der Waals surface area contributed by atoms with Gasteiger partial charge in [-0.25, -0.2) is 4.79 Å². The van der Waals surface area contributed by atoms with Crippen molar-refractivity contribution in [3.63, 3.8) is 0 Å². The number of carbonyl (C=O) groups is 2. The standard InChI is InChI=1S/C18H24N2O5/c1-11-7-14(17(21)22)10-20(9-11)18(23)19-12(2)13-3-4-15-16(8-13)25-6-5-24-15/h3-4,8,11-12,14H,5-7,9-10H2,1-2H3,(H,19,23)(H,21,22). The van der Waals surface area contributed by atoms with E-state index < -0.39 is 11.9 Å². The molecule has 1 aromatic rings. The van der Waals surface area contributed by atoms with E-state index in [-0.39, 0.29) is 24.5 Å². The summed E-state index contributed by atoms with van der Waals surface area (Å²) in [6, 6.07) is 5.16. The Morgan fingerprint density at radius 1 is 1.24 bits per heavy atom. The van der Waals surface area contributed by atoms with Gasteiger partial charge in [-0.1, -0.05) is 13.0 Å². The van der Waals surface area contributed by atoms with Crippen LogP contribution in [0.3, 0.4) is 0 Å². The molecule has 0 saturated carbocycles. The summed E-state index contributed by atoms with van der Waals surface area (Å²) >= 11 is 0. The lowest BCUT2D eigenvalue weighted by molar-refractivity contribution is -0.143. The highest BCUT2D eigenvalue weighted by atomic mass is 16.6. The fraction of sp³-hybridized carbons (Fsp3) is 0.556. The zero-order valence-corrected chi connectivity index (χ0v) is 14.5. The maximum atomic E-state index is 12.6. The highest BCUT2D eigenvalue weighted by Gasteiger charge is 2.32. The first kappa shape index (κ1) is 17.4. The molecule has 3 atom stereocenters. The molecule has 0 radical (unpaired) electrons. The third-order valence-electron chi connectivity index (χ3n) is 4.70. The average molecular weight is 348 g/mol. The predicted octanol–water partition coefficient (Wildman–Crippen LogP) is 2.27. The van der Waals surface area contributed by atoms with Gasteiger partial charge in [0.05, 0.1) is 12.0 Å². The largest absolute Gasteiger partial charge is 0.486 e. The van der Waals surface area contributed by atoms with Crippen LogP contribution >= 0.6 is 0 Å². The number of benzene rings is 1. The van der Waals surface area contributed by atoms with Gasteiger partial charge in [0.1, 0.15) is 13.2 Å². The molecular weight excluding hydrogens is 324 g/mol. The Labute approximate surface area is 146 Å². The minimum Gasteiger partial charge on any atom is -0.486 e. The van der Waals surface area contributed by atoms with Gasteiger partial charge in [-0.05, 0) is 37.0 Å². The first-order valence-corrected chi connectivity index (χ1v) is 8.62. The quantitative estimate of drug-likeness (QED) is 0.875. The number of piperidine rings is 1. The zero-order chi connectivity index (χ0) is 18.0. The topological polar surface area (TPSA) is 88.1 Å². The van der Waals surface area contributed by atoms with Gasteiger partial charge in [0.15, 0.2) is 11.5 Å². The molecule has 1 saturated heterocycles. The fourth-order valence-corrected chi connectivity index (χ4v) is 3.39. The van der Waals surface area contributed by atoms with Crippen LogP contribution in [0.1, 0.15) is 31.9 Å². The number of hydrogen-bond acceptors (Lipinski definition) is 4. The highest BCUT2D eigenvalue weighted by molar-refractivity contribution is 5.77. The second-order valence-corrected chi connectivity index (χ2v) is 6.86. The van der Waals surface area contributed by atoms with Crippen molar-refractivity contribution in [1.82, 2.24) is 10.2 Å². The second-order valence-electron chi connectivity index (χ2n) is 6.86. The van der Waals surface area contributed by atoms with E-state index in [9.17, 15) is 14.7 Å². The van der Waals surface area contributed by atoms with Gasteiger partial charge < -0.3 is 24.8 Å². The molecule has 2 heterocycles. The molecule has 7 heteroatoms. The summed E-state index contributed by atoms with van der Waals surface area (Å²) in [7, 11) is 0. The van der Waals surface area contributed by atoms with E-state index in [1.165, 1.54) is 0 Å². The Balaban J connectivity index is 1.65. The second kappa shape index (κ2) is 7.21. The van der Waals surface area contributed by atoms with E-state index in [1.54, 1.807) is 4.90 Å². The van der Waals surface area contributed by atoms with Crippen molar-refractivity contribution in [3.05, 3.63) is 23.8 Å². The summed E-state index contributed by atoms with van der Waals surface area (Å²) < 4.78 is 11.1. The van der Waals surface area contributed by atoms with E-state index in [4.69, 9.17) is 9.47 Å². The third-order valence-corrected chi connectivity index (χ3v) is 4.70. The van der Waals surface area contributed by atoms with Gasteiger partial charge in [0, 0.05) is 13.1 Å². The minimum atomic E-state index is -0.843. The van der Waals surface area contributed by atoms with Crippen LogP contribution in [-0.2, 0) is 4.79 Å². The molecule has 25 heavy (non-hydrogen) atoms. The lowest BCUT2D eigenvalue weighted by Crippen LogP contribution is -2.49. The van der Waals surface area contributed by atoms with Crippen LogP contribution in [0.2, 0.25) is 0 Å². The minimum absolute atomic E-state index is 0.171. The van der Waals surface area contributed by atoms with Gasteiger partial charge in [-0.3, -0.25) is 4.79 Å². The Morgan fingerprint density at radius 2 is 1.96 bits per heavy atom. The molecule has 0 spiro atoms. The van der Waals surface area contributed by atoms with Crippen LogP contribution in [0.25, 0.3) is 0 Å². The number of amides is 2. The van der Waals surface area contributed by atoms with Crippen molar-refractivity contribution < 1.29 is 24.2 Å². The molecule has 7 nitrogen and oxygen atoms in total. The first-order chi connectivity index (χ1) is 11.9. The lowest BCUT2D eigenvalue weighted by Gasteiger charge is -2.35. The molecule has 2 N–H and O–H groups in total. The Hall–Kier alpha value is -2.44. The number of carboxylic acid groups (broad SMARTS) is 1. The van der Waals surface area contributed by atoms with Crippen molar-refractivity contribution in [1.29, 1.82) is 0 Å². The van der Waals surface area contributed by atoms with E-state index in [0.717, 1.165) is 5.56 Å². The number of ether oxygens (including phenoxy) is 2. The summed E-state index contributed by atoms with van der Waals surface area (Å²) in [5.41, 5.74) is 0.914. The summed E-state index contributed by atoms with van der Waals surface area (Å²) in [4.78, 5) is 25.4. The van der Waals surface area contributed by atoms with Crippen molar-refractivity contribution in [2.24, 2.45) is 11.8 Å². The average Bonchev–Trinajstić information content (AvgIpc) is 2.60.